The van der Waals surface area contributed by atoms with Gasteiger partial charge in [-0.05, 0) is 51.9 Å². The van der Waals surface area contributed by atoms with Crippen molar-refractivity contribution in [1.29, 1.82) is 0 Å². The van der Waals surface area contributed by atoms with E-state index in [0.717, 1.165) is 29.2 Å². The second-order valence-corrected chi connectivity index (χ2v) is 6.86. The molecule has 0 amide bonds. The molecule has 1 heterocycles. The van der Waals surface area contributed by atoms with E-state index >= 15 is 0 Å². The predicted octanol–water partition coefficient (Wildman–Crippen LogP) is 3.90. The lowest BCUT2D eigenvalue weighted by Crippen LogP contribution is -2.26. The zero-order valence-electron chi connectivity index (χ0n) is 10.8. The first-order valence-corrected chi connectivity index (χ1v) is 6.97. The number of rotatable bonds is 1. The summed E-state index contributed by atoms with van der Waals surface area (Å²) >= 11 is 3.61. The lowest BCUT2D eigenvalue weighted by molar-refractivity contribution is 0.263. The number of anilines is 2. The summed E-state index contributed by atoms with van der Waals surface area (Å²) in [7, 11) is 0. The number of hydrogen-bond acceptors (Lipinski definition) is 2. The van der Waals surface area contributed by atoms with E-state index < -0.39 is 0 Å². The quantitative estimate of drug-likeness (QED) is 0.796. The van der Waals surface area contributed by atoms with E-state index in [1.165, 1.54) is 12.1 Å². The van der Waals surface area contributed by atoms with Crippen molar-refractivity contribution < 1.29 is 0 Å². The molecule has 1 saturated heterocycles. The van der Waals surface area contributed by atoms with E-state index in [4.69, 9.17) is 5.73 Å². The third kappa shape index (κ3) is 2.76. The molecule has 1 aliphatic rings. The van der Waals surface area contributed by atoms with Gasteiger partial charge in [0.2, 0.25) is 0 Å². The molecule has 1 aromatic rings. The van der Waals surface area contributed by atoms with Crippen LogP contribution in [0.3, 0.4) is 0 Å². The van der Waals surface area contributed by atoms with Crippen LogP contribution in [0.5, 0.6) is 0 Å². The van der Waals surface area contributed by atoms with Crippen molar-refractivity contribution in [3.63, 3.8) is 0 Å². The lowest BCUT2D eigenvalue weighted by atomic mass is 9.80. The van der Waals surface area contributed by atoms with Crippen molar-refractivity contribution in [1.82, 2.24) is 0 Å². The first kappa shape index (κ1) is 12.7. The van der Waals surface area contributed by atoms with Crippen molar-refractivity contribution in [2.45, 2.75) is 27.2 Å². The SMILES string of the molecule is CC(C)(C)C1CCN(c2ccc(N)cc2Br)C1. The Labute approximate surface area is 112 Å². The Balaban J connectivity index is 2.15. The average molecular weight is 297 g/mol. The molecule has 3 heteroatoms. The Morgan fingerprint density at radius 1 is 1.35 bits per heavy atom. The van der Waals surface area contributed by atoms with Gasteiger partial charge in [0.1, 0.15) is 0 Å². The molecular formula is C14H21BrN2. The minimum atomic E-state index is 0.398. The number of nitrogens with two attached hydrogens (primary N) is 1. The summed E-state index contributed by atoms with van der Waals surface area (Å²) in [4.78, 5) is 2.46. The van der Waals surface area contributed by atoms with Gasteiger partial charge in [0.15, 0.2) is 0 Å². The molecule has 2 nitrogen and oxygen atoms in total. The van der Waals surface area contributed by atoms with E-state index in [2.05, 4.69) is 47.7 Å². The summed E-state index contributed by atoms with van der Waals surface area (Å²) in [6.07, 6.45) is 1.28. The maximum absolute atomic E-state index is 5.77. The predicted molar refractivity (Wildman–Crippen MR) is 78.3 cm³/mol. The minimum absolute atomic E-state index is 0.398. The molecule has 17 heavy (non-hydrogen) atoms. The Hall–Kier alpha value is -0.700. The van der Waals surface area contributed by atoms with Gasteiger partial charge in [-0.2, -0.15) is 0 Å². The highest BCUT2D eigenvalue weighted by molar-refractivity contribution is 9.10. The smallest absolute Gasteiger partial charge is 0.0512 e. The van der Waals surface area contributed by atoms with Crippen LogP contribution in [0, 0.1) is 11.3 Å². The van der Waals surface area contributed by atoms with E-state index in [-0.39, 0.29) is 0 Å². The maximum Gasteiger partial charge on any atom is 0.0512 e. The van der Waals surface area contributed by atoms with Gasteiger partial charge in [-0.3, -0.25) is 0 Å². The fourth-order valence-electron chi connectivity index (χ4n) is 2.47. The van der Waals surface area contributed by atoms with Gasteiger partial charge in [-0.1, -0.05) is 20.8 Å². The van der Waals surface area contributed by atoms with Crippen LogP contribution in [-0.2, 0) is 0 Å². The summed E-state index contributed by atoms with van der Waals surface area (Å²) in [6, 6.07) is 6.08. The van der Waals surface area contributed by atoms with Crippen molar-refractivity contribution in [3.8, 4) is 0 Å². The Kier molecular flexibility index (Phi) is 3.39. The third-order valence-corrected chi connectivity index (χ3v) is 4.36. The molecular weight excluding hydrogens is 276 g/mol. The van der Waals surface area contributed by atoms with Gasteiger partial charge in [-0.15, -0.1) is 0 Å². The Morgan fingerprint density at radius 3 is 2.59 bits per heavy atom. The fraction of sp³-hybridized carbons (Fsp3) is 0.571. The fourth-order valence-corrected chi connectivity index (χ4v) is 3.11. The van der Waals surface area contributed by atoms with Crippen LogP contribution in [-0.4, -0.2) is 13.1 Å². The average Bonchev–Trinajstić information content (AvgIpc) is 2.65. The van der Waals surface area contributed by atoms with Gasteiger partial charge >= 0.3 is 0 Å². The molecule has 2 N–H and O–H groups in total. The molecule has 1 fully saturated rings. The summed E-state index contributed by atoms with van der Waals surface area (Å²) in [5.74, 6) is 0.770. The van der Waals surface area contributed by atoms with E-state index in [9.17, 15) is 0 Å². The molecule has 1 aliphatic heterocycles. The van der Waals surface area contributed by atoms with Gasteiger partial charge in [-0.25, -0.2) is 0 Å². The first-order chi connectivity index (χ1) is 7.88. The van der Waals surface area contributed by atoms with Crippen molar-refractivity contribution in [2.24, 2.45) is 11.3 Å². The molecule has 2 rings (SSSR count). The second-order valence-electron chi connectivity index (χ2n) is 6.01. The molecule has 0 radical (unpaired) electrons. The third-order valence-electron chi connectivity index (χ3n) is 3.73. The van der Waals surface area contributed by atoms with Crippen molar-refractivity contribution in [2.75, 3.05) is 23.7 Å². The molecule has 1 unspecified atom stereocenters. The lowest BCUT2D eigenvalue weighted by Gasteiger charge is -2.27. The van der Waals surface area contributed by atoms with Crippen molar-refractivity contribution >= 4 is 27.3 Å². The summed E-state index contributed by atoms with van der Waals surface area (Å²) in [5, 5.41) is 0. The largest absolute Gasteiger partial charge is 0.399 e. The topological polar surface area (TPSA) is 29.3 Å². The molecule has 94 valence electrons. The van der Waals surface area contributed by atoms with Crippen LogP contribution >= 0.6 is 15.9 Å². The molecule has 0 aliphatic carbocycles. The first-order valence-electron chi connectivity index (χ1n) is 6.18. The van der Waals surface area contributed by atoms with Gasteiger partial charge in [0, 0.05) is 23.2 Å². The van der Waals surface area contributed by atoms with Gasteiger partial charge < -0.3 is 10.6 Å². The monoisotopic (exact) mass is 296 g/mol. The van der Waals surface area contributed by atoms with Gasteiger partial charge in [0.25, 0.3) is 0 Å². The highest BCUT2D eigenvalue weighted by atomic mass is 79.9. The number of halogens is 1. The van der Waals surface area contributed by atoms with Crippen LogP contribution < -0.4 is 10.6 Å². The zero-order chi connectivity index (χ0) is 12.6. The molecule has 0 aromatic heterocycles. The van der Waals surface area contributed by atoms with Crippen LogP contribution in [0.25, 0.3) is 0 Å². The van der Waals surface area contributed by atoms with Crippen LogP contribution in [0.15, 0.2) is 22.7 Å². The summed E-state index contributed by atoms with van der Waals surface area (Å²) < 4.78 is 1.10. The highest BCUT2D eigenvalue weighted by Gasteiger charge is 2.32. The second kappa shape index (κ2) is 4.52. The van der Waals surface area contributed by atoms with E-state index in [0.29, 0.717) is 5.41 Å². The minimum Gasteiger partial charge on any atom is -0.399 e. The van der Waals surface area contributed by atoms with E-state index in [1.807, 2.05) is 12.1 Å². The van der Waals surface area contributed by atoms with Crippen LogP contribution in [0.2, 0.25) is 0 Å². The normalized spacial score (nSPS) is 20.9. The number of hydrogen-bond donors (Lipinski definition) is 1. The van der Waals surface area contributed by atoms with Crippen LogP contribution in [0.4, 0.5) is 11.4 Å². The van der Waals surface area contributed by atoms with E-state index in [1.54, 1.807) is 0 Å². The highest BCUT2D eigenvalue weighted by Crippen LogP contribution is 2.38. The molecule has 0 bridgehead atoms. The molecule has 0 saturated carbocycles. The number of nitrogen functional groups attached to an aromatic ring is 1. The Bertz CT molecular complexity index is 409. The zero-order valence-corrected chi connectivity index (χ0v) is 12.4. The summed E-state index contributed by atoms with van der Waals surface area (Å²) in [5.41, 5.74) is 8.25. The van der Waals surface area contributed by atoms with Crippen LogP contribution in [0.1, 0.15) is 27.2 Å². The molecule has 1 aromatic carbocycles. The number of benzene rings is 1. The molecule has 1 atom stereocenters. The standard InChI is InChI=1S/C14H21BrN2/c1-14(2,3)10-6-7-17(9-10)13-5-4-11(16)8-12(13)15/h4-5,8,10H,6-7,9,16H2,1-3H3. The Morgan fingerprint density at radius 2 is 2.06 bits per heavy atom. The van der Waals surface area contributed by atoms with Gasteiger partial charge in [0.05, 0.1) is 5.69 Å². The van der Waals surface area contributed by atoms with Crippen molar-refractivity contribution in [3.05, 3.63) is 22.7 Å². The number of nitrogens with zero attached hydrogens (tertiary/aromatic N) is 1. The molecule has 0 spiro atoms. The summed E-state index contributed by atoms with van der Waals surface area (Å²) in [6.45, 7) is 9.29. The maximum atomic E-state index is 5.77.